The van der Waals surface area contributed by atoms with Crippen molar-refractivity contribution in [1.82, 2.24) is 0 Å². The molecule has 0 aliphatic heterocycles. The van der Waals surface area contributed by atoms with E-state index in [0.717, 1.165) is 30.4 Å². The number of aromatic hydroxyl groups is 1. The lowest BCUT2D eigenvalue weighted by Gasteiger charge is -2.27. The third-order valence-corrected chi connectivity index (χ3v) is 5.10. The van der Waals surface area contributed by atoms with Gasteiger partial charge in [-0.15, -0.1) is 0 Å². The largest absolute Gasteiger partial charge is 0.508 e. The number of phenols is 1. The van der Waals surface area contributed by atoms with Gasteiger partial charge in [-0.05, 0) is 65.6 Å². The number of hydrogen-bond acceptors (Lipinski definition) is 2. The molecule has 24 heavy (non-hydrogen) atoms. The van der Waals surface area contributed by atoms with Gasteiger partial charge in [0.2, 0.25) is 0 Å². The van der Waals surface area contributed by atoms with Gasteiger partial charge in [0.25, 0.3) is 0 Å². The normalized spacial score (nSPS) is 11.7. The highest BCUT2D eigenvalue weighted by Crippen LogP contribution is 2.36. The number of aryl methyl sites for hydroxylation is 2. The Morgan fingerprint density at radius 3 is 2.12 bits per heavy atom. The first-order valence-corrected chi connectivity index (χ1v) is 9.17. The topological polar surface area (TPSA) is 40.5 Å². The third-order valence-electron chi connectivity index (χ3n) is 5.10. The Morgan fingerprint density at radius 1 is 0.833 bits per heavy atom. The van der Waals surface area contributed by atoms with Crippen LogP contribution in [0.15, 0.2) is 36.4 Å². The van der Waals surface area contributed by atoms with Crippen molar-refractivity contribution in [3.8, 4) is 16.9 Å². The molecule has 2 aromatic rings. The van der Waals surface area contributed by atoms with Gasteiger partial charge in [0.15, 0.2) is 0 Å². The summed E-state index contributed by atoms with van der Waals surface area (Å²) in [5, 5.41) is 20.8. The molecule has 2 rings (SSSR count). The van der Waals surface area contributed by atoms with Gasteiger partial charge in [-0.1, -0.05) is 58.4 Å². The van der Waals surface area contributed by atoms with Crippen molar-refractivity contribution in [3.05, 3.63) is 53.1 Å². The summed E-state index contributed by atoms with van der Waals surface area (Å²) in [4.78, 5) is 0. The van der Waals surface area contributed by atoms with Crippen LogP contribution in [0.4, 0.5) is 0 Å². The molecule has 0 bridgehead atoms. The number of phenolic OH excluding ortho intramolecular Hbond substituents is 1. The van der Waals surface area contributed by atoms with Crippen LogP contribution in [0.5, 0.6) is 5.75 Å². The molecule has 0 fully saturated rings. The van der Waals surface area contributed by atoms with Crippen LogP contribution in [0.1, 0.15) is 63.6 Å². The zero-order valence-electron chi connectivity index (χ0n) is 15.4. The summed E-state index contributed by atoms with van der Waals surface area (Å²) < 4.78 is 0. The smallest absolute Gasteiger partial charge is 0.116 e. The number of aliphatic hydroxyl groups is 1. The quantitative estimate of drug-likeness (QED) is 0.697. The summed E-state index contributed by atoms with van der Waals surface area (Å²) in [5.74, 6) is 0.298. The fourth-order valence-electron chi connectivity index (χ4n) is 3.40. The van der Waals surface area contributed by atoms with Crippen LogP contribution in [0.25, 0.3) is 11.1 Å². The van der Waals surface area contributed by atoms with Crippen molar-refractivity contribution < 1.29 is 10.2 Å². The molecule has 0 aliphatic carbocycles. The van der Waals surface area contributed by atoms with Gasteiger partial charge >= 0.3 is 0 Å². The number of rotatable bonds is 7. The fourth-order valence-corrected chi connectivity index (χ4v) is 3.40. The highest BCUT2D eigenvalue weighted by atomic mass is 16.3. The highest BCUT2D eigenvalue weighted by molar-refractivity contribution is 5.72. The molecule has 2 aromatic carbocycles. The summed E-state index contributed by atoms with van der Waals surface area (Å²) in [6.45, 7) is 8.37. The molecular weight excluding hydrogens is 296 g/mol. The molecule has 0 saturated carbocycles. The maximum Gasteiger partial charge on any atom is 0.116 e. The maximum atomic E-state index is 10.9. The SMILES string of the molecule is CCCc1cc(C(O)(CC)CC)ccc1-c1cc(O)ccc1CC. The van der Waals surface area contributed by atoms with Crippen LogP contribution in [-0.2, 0) is 18.4 Å². The third kappa shape index (κ3) is 3.64. The van der Waals surface area contributed by atoms with Crippen molar-refractivity contribution in [3.63, 3.8) is 0 Å². The standard InChI is InChI=1S/C22H30O2/c1-5-9-17-14-18(22(24,7-3)8-4)11-13-20(17)21-15-19(23)12-10-16(21)6-2/h10-15,23-24H,5-9H2,1-4H3. The van der Waals surface area contributed by atoms with E-state index in [4.69, 9.17) is 0 Å². The molecule has 0 amide bonds. The Kier molecular flexibility index (Phi) is 6.06. The minimum Gasteiger partial charge on any atom is -0.508 e. The van der Waals surface area contributed by atoms with Crippen LogP contribution in [-0.4, -0.2) is 10.2 Å². The number of benzene rings is 2. The Bertz CT molecular complexity index is 684. The lowest BCUT2D eigenvalue weighted by molar-refractivity contribution is 0.0283. The molecule has 0 radical (unpaired) electrons. The Hall–Kier alpha value is -1.80. The zero-order valence-corrected chi connectivity index (χ0v) is 15.4. The van der Waals surface area contributed by atoms with Gasteiger partial charge in [0, 0.05) is 0 Å². The van der Waals surface area contributed by atoms with E-state index < -0.39 is 5.60 Å². The first kappa shape index (κ1) is 18.5. The second-order valence-corrected chi connectivity index (χ2v) is 6.56. The van der Waals surface area contributed by atoms with Crippen LogP contribution in [0.3, 0.4) is 0 Å². The molecule has 0 heterocycles. The number of hydrogen-bond donors (Lipinski definition) is 2. The van der Waals surface area contributed by atoms with Gasteiger partial charge < -0.3 is 10.2 Å². The van der Waals surface area contributed by atoms with Crippen LogP contribution in [0.2, 0.25) is 0 Å². The highest BCUT2D eigenvalue weighted by Gasteiger charge is 2.25. The van der Waals surface area contributed by atoms with Gasteiger partial charge in [-0.2, -0.15) is 0 Å². The molecule has 0 aliphatic rings. The van der Waals surface area contributed by atoms with Gasteiger partial charge in [0.05, 0.1) is 5.60 Å². The summed E-state index contributed by atoms with van der Waals surface area (Å²) in [6, 6.07) is 11.9. The monoisotopic (exact) mass is 326 g/mol. The molecule has 2 N–H and O–H groups in total. The molecule has 0 unspecified atom stereocenters. The Morgan fingerprint density at radius 2 is 1.54 bits per heavy atom. The molecule has 2 heteroatoms. The first-order valence-electron chi connectivity index (χ1n) is 9.17. The Labute approximate surface area is 146 Å². The average Bonchev–Trinajstić information content (AvgIpc) is 2.61. The molecule has 2 nitrogen and oxygen atoms in total. The molecule has 130 valence electrons. The van der Waals surface area contributed by atoms with Gasteiger partial charge in [-0.25, -0.2) is 0 Å². The van der Waals surface area contributed by atoms with Crippen LogP contribution >= 0.6 is 0 Å². The predicted molar refractivity (Wildman–Crippen MR) is 101 cm³/mol. The molecule has 0 saturated heterocycles. The summed E-state index contributed by atoms with van der Waals surface area (Å²) in [7, 11) is 0. The van der Waals surface area contributed by atoms with Gasteiger partial charge in [0.1, 0.15) is 5.75 Å². The van der Waals surface area contributed by atoms with Crippen molar-refractivity contribution in [1.29, 1.82) is 0 Å². The van der Waals surface area contributed by atoms with E-state index in [2.05, 4.69) is 26.0 Å². The van der Waals surface area contributed by atoms with Crippen LogP contribution < -0.4 is 0 Å². The minimum absolute atomic E-state index is 0.298. The molecule has 0 aromatic heterocycles. The molecular formula is C22H30O2. The van der Waals surface area contributed by atoms with E-state index in [1.807, 2.05) is 32.0 Å². The average molecular weight is 326 g/mol. The maximum absolute atomic E-state index is 10.9. The van der Waals surface area contributed by atoms with E-state index in [0.29, 0.717) is 18.6 Å². The van der Waals surface area contributed by atoms with E-state index in [-0.39, 0.29) is 0 Å². The zero-order chi connectivity index (χ0) is 17.7. The second-order valence-electron chi connectivity index (χ2n) is 6.56. The van der Waals surface area contributed by atoms with Crippen molar-refractivity contribution >= 4 is 0 Å². The van der Waals surface area contributed by atoms with Crippen molar-refractivity contribution in [2.75, 3.05) is 0 Å². The lowest BCUT2D eigenvalue weighted by Crippen LogP contribution is -2.23. The van der Waals surface area contributed by atoms with E-state index in [1.165, 1.54) is 16.7 Å². The predicted octanol–water partition coefficient (Wildman–Crippen LogP) is 5.58. The van der Waals surface area contributed by atoms with E-state index in [9.17, 15) is 10.2 Å². The summed E-state index contributed by atoms with van der Waals surface area (Å²) in [5.41, 5.74) is 4.99. The van der Waals surface area contributed by atoms with Gasteiger partial charge in [-0.3, -0.25) is 0 Å². The van der Waals surface area contributed by atoms with Crippen molar-refractivity contribution in [2.24, 2.45) is 0 Å². The van der Waals surface area contributed by atoms with Crippen LogP contribution in [0, 0.1) is 0 Å². The molecule has 0 spiro atoms. The second kappa shape index (κ2) is 7.85. The first-order chi connectivity index (χ1) is 11.5. The minimum atomic E-state index is -0.757. The summed E-state index contributed by atoms with van der Waals surface area (Å²) >= 11 is 0. The lowest BCUT2D eigenvalue weighted by atomic mass is 9.84. The van der Waals surface area contributed by atoms with E-state index in [1.54, 1.807) is 6.07 Å². The Balaban J connectivity index is 2.61. The summed E-state index contributed by atoms with van der Waals surface area (Å²) in [6.07, 6.45) is 4.36. The fraction of sp³-hybridized carbons (Fsp3) is 0.455. The van der Waals surface area contributed by atoms with E-state index >= 15 is 0 Å². The van der Waals surface area contributed by atoms with Crippen molar-refractivity contribution in [2.45, 2.75) is 65.4 Å². The molecule has 0 atom stereocenters.